The predicted molar refractivity (Wildman–Crippen MR) is 93.9 cm³/mol. The summed E-state index contributed by atoms with van der Waals surface area (Å²) in [4.78, 5) is 38.9. The van der Waals surface area contributed by atoms with Crippen molar-refractivity contribution in [3.05, 3.63) is 65.4 Å². The van der Waals surface area contributed by atoms with Crippen LogP contribution in [0, 0.1) is 0 Å². The summed E-state index contributed by atoms with van der Waals surface area (Å²) in [5, 5.41) is 14.5. The van der Waals surface area contributed by atoms with Crippen molar-refractivity contribution in [2.75, 3.05) is 6.54 Å². The van der Waals surface area contributed by atoms with Crippen LogP contribution in [0.25, 0.3) is 0 Å². The standard InChI is InChI=1S/C18H16N6O4/c25-16(19-10-12-4-3-9-28-12)11-24-21-15(20-22-24)7-8-23-17(26)13-5-1-2-6-14(13)18(23)27/h1-6,9H,7-8,10-11H2,(H,19,25). The molecule has 0 saturated carbocycles. The Balaban J connectivity index is 1.30. The first-order valence-electron chi connectivity index (χ1n) is 8.63. The largest absolute Gasteiger partial charge is 0.467 e. The van der Waals surface area contributed by atoms with E-state index in [4.69, 9.17) is 4.42 Å². The molecule has 1 N–H and O–H groups in total. The van der Waals surface area contributed by atoms with E-state index in [1.807, 2.05) is 0 Å². The van der Waals surface area contributed by atoms with Crippen LogP contribution < -0.4 is 5.32 Å². The van der Waals surface area contributed by atoms with Gasteiger partial charge in [0.15, 0.2) is 5.82 Å². The average molecular weight is 380 g/mol. The number of nitrogens with zero attached hydrogens (tertiary/aromatic N) is 5. The zero-order valence-corrected chi connectivity index (χ0v) is 14.7. The third-order valence-electron chi connectivity index (χ3n) is 4.26. The Labute approximate surface area is 159 Å². The van der Waals surface area contributed by atoms with Crippen LogP contribution in [-0.4, -0.2) is 49.4 Å². The lowest BCUT2D eigenvalue weighted by atomic mass is 10.1. The molecule has 0 fully saturated rings. The lowest BCUT2D eigenvalue weighted by Crippen LogP contribution is -2.32. The van der Waals surface area contributed by atoms with Crippen molar-refractivity contribution in [2.24, 2.45) is 0 Å². The van der Waals surface area contributed by atoms with Gasteiger partial charge in [0.2, 0.25) is 5.91 Å². The summed E-state index contributed by atoms with van der Waals surface area (Å²) in [5.74, 6) is 0.0354. The summed E-state index contributed by atoms with van der Waals surface area (Å²) in [6.45, 7) is 0.316. The molecular weight excluding hydrogens is 364 g/mol. The number of rotatable bonds is 7. The Morgan fingerprint density at radius 1 is 1.07 bits per heavy atom. The molecular formula is C18H16N6O4. The van der Waals surface area contributed by atoms with Crippen LogP contribution in [-0.2, 0) is 24.3 Å². The molecule has 28 heavy (non-hydrogen) atoms. The van der Waals surface area contributed by atoms with Gasteiger partial charge in [-0.1, -0.05) is 12.1 Å². The van der Waals surface area contributed by atoms with Gasteiger partial charge in [0.25, 0.3) is 11.8 Å². The Kier molecular flexibility index (Phi) is 4.67. The van der Waals surface area contributed by atoms with Gasteiger partial charge in [-0.05, 0) is 29.5 Å². The van der Waals surface area contributed by atoms with Crippen molar-refractivity contribution in [3.63, 3.8) is 0 Å². The summed E-state index contributed by atoms with van der Waals surface area (Å²) in [6, 6.07) is 10.2. The topological polar surface area (TPSA) is 123 Å². The van der Waals surface area contributed by atoms with Gasteiger partial charge in [0.05, 0.1) is 23.9 Å². The number of aromatic nitrogens is 4. The highest BCUT2D eigenvalue weighted by molar-refractivity contribution is 6.21. The molecule has 1 aliphatic heterocycles. The second kappa shape index (κ2) is 7.43. The summed E-state index contributed by atoms with van der Waals surface area (Å²) in [6.07, 6.45) is 1.78. The van der Waals surface area contributed by atoms with Crippen LogP contribution in [0.3, 0.4) is 0 Å². The molecule has 1 aromatic carbocycles. The van der Waals surface area contributed by atoms with Gasteiger partial charge in [-0.25, -0.2) is 0 Å². The number of furan rings is 1. The first-order chi connectivity index (χ1) is 13.6. The van der Waals surface area contributed by atoms with E-state index in [0.717, 1.165) is 4.80 Å². The van der Waals surface area contributed by atoms with Crippen molar-refractivity contribution < 1.29 is 18.8 Å². The molecule has 3 amide bonds. The molecule has 10 nitrogen and oxygen atoms in total. The van der Waals surface area contributed by atoms with Crippen molar-refractivity contribution in [3.8, 4) is 0 Å². The van der Waals surface area contributed by atoms with Crippen molar-refractivity contribution >= 4 is 17.7 Å². The molecule has 3 aromatic rings. The number of benzene rings is 1. The number of imide groups is 1. The molecule has 0 spiro atoms. The Bertz CT molecular complexity index is 991. The number of nitrogens with one attached hydrogen (secondary N) is 1. The van der Waals surface area contributed by atoms with E-state index in [0.29, 0.717) is 22.7 Å². The molecule has 0 aliphatic carbocycles. The quantitative estimate of drug-likeness (QED) is 0.589. The van der Waals surface area contributed by atoms with Gasteiger partial charge in [-0.15, -0.1) is 10.2 Å². The number of carbonyl (C=O) groups is 3. The molecule has 0 atom stereocenters. The fraction of sp³-hybridized carbons (Fsp3) is 0.222. The summed E-state index contributed by atoms with van der Waals surface area (Å²) >= 11 is 0. The highest BCUT2D eigenvalue weighted by atomic mass is 16.3. The normalized spacial score (nSPS) is 13.1. The van der Waals surface area contributed by atoms with E-state index in [-0.39, 0.29) is 43.8 Å². The van der Waals surface area contributed by atoms with Gasteiger partial charge >= 0.3 is 0 Å². The van der Waals surface area contributed by atoms with Crippen LogP contribution in [0.15, 0.2) is 47.1 Å². The fourth-order valence-corrected chi connectivity index (χ4v) is 2.88. The monoisotopic (exact) mass is 380 g/mol. The minimum atomic E-state index is -0.328. The summed E-state index contributed by atoms with van der Waals surface area (Å²) in [7, 11) is 0. The van der Waals surface area contributed by atoms with Crippen molar-refractivity contribution in [1.29, 1.82) is 0 Å². The van der Waals surface area contributed by atoms with E-state index in [1.165, 1.54) is 11.2 Å². The van der Waals surface area contributed by atoms with Crippen molar-refractivity contribution in [2.45, 2.75) is 19.5 Å². The summed E-state index contributed by atoms with van der Waals surface area (Å²) < 4.78 is 5.13. The number of amides is 3. The van der Waals surface area contributed by atoms with E-state index in [1.54, 1.807) is 36.4 Å². The number of fused-ring (bicyclic) bond motifs is 1. The van der Waals surface area contributed by atoms with E-state index >= 15 is 0 Å². The number of tetrazole rings is 1. The molecule has 142 valence electrons. The van der Waals surface area contributed by atoms with Gasteiger partial charge in [-0.2, -0.15) is 4.80 Å². The van der Waals surface area contributed by atoms with Crippen LogP contribution >= 0.6 is 0 Å². The second-order valence-corrected chi connectivity index (χ2v) is 6.15. The fourth-order valence-electron chi connectivity index (χ4n) is 2.88. The zero-order valence-electron chi connectivity index (χ0n) is 14.7. The average Bonchev–Trinajstić information content (AvgIpc) is 3.42. The van der Waals surface area contributed by atoms with E-state index in [9.17, 15) is 14.4 Å². The zero-order chi connectivity index (χ0) is 19.5. The maximum Gasteiger partial charge on any atom is 0.261 e. The molecule has 10 heteroatoms. The molecule has 1 aliphatic rings. The second-order valence-electron chi connectivity index (χ2n) is 6.15. The molecule has 0 radical (unpaired) electrons. The minimum absolute atomic E-state index is 0.0965. The maximum absolute atomic E-state index is 12.3. The minimum Gasteiger partial charge on any atom is -0.467 e. The lowest BCUT2D eigenvalue weighted by Gasteiger charge is -2.11. The maximum atomic E-state index is 12.3. The first-order valence-corrected chi connectivity index (χ1v) is 8.63. The highest BCUT2D eigenvalue weighted by Crippen LogP contribution is 2.22. The highest BCUT2D eigenvalue weighted by Gasteiger charge is 2.34. The van der Waals surface area contributed by atoms with Gasteiger partial charge < -0.3 is 9.73 Å². The van der Waals surface area contributed by atoms with Crippen molar-refractivity contribution in [1.82, 2.24) is 30.4 Å². The van der Waals surface area contributed by atoms with Gasteiger partial charge in [0.1, 0.15) is 12.3 Å². The van der Waals surface area contributed by atoms with Crippen LogP contribution in [0.4, 0.5) is 0 Å². The van der Waals surface area contributed by atoms with Crippen LogP contribution in [0.5, 0.6) is 0 Å². The van der Waals surface area contributed by atoms with E-state index < -0.39 is 0 Å². The Morgan fingerprint density at radius 2 is 1.82 bits per heavy atom. The number of carbonyl (C=O) groups excluding carboxylic acids is 3. The molecule has 0 saturated heterocycles. The lowest BCUT2D eigenvalue weighted by molar-refractivity contribution is -0.122. The molecule has 2 aromatic heterocycles. The Morgan fingerprint density at radius 3 is 2.50 bits per heavy atom. The van der Waals surface area contributed by atoms with Gasteiger partial charge in [0, 0.05) is 13.0 Å². The van der Waals surface area contributed by atoms with Crippen LogP contribution in [0.1, 0.15) is 32.3 Å². The van der Waals surface area contributed by atoms with Gasteiger partial charge in [-0.3, -0.25) is 19.3 Å². The molecule has 0 bridgehead atoms. The predicted octanol–water partition coefficient (Wildman–Crippen LogP) is 0.421. The third kappa shape index (κ3) is 3.52. The first kappa shape index (κ1) is 17.6. The molecule has 3 heterocycles. The SMILES string of the molecule is O=C(Cn1nnc(CCN2C(=O)c3ccccc3C2=O)n1)NCc1ccco1. The smallest absolute Gasteiger partial charge is 0.261 e. The number of hydrogen-bond donors (Lipinski definition) is 1. The molecule has 4 rings (SSSR count). The van der Waals surface area contributed by atoms with Crippen LogP contribution in [0.2, 0.25) is 0 Å². The molecule has 0 unspecified atom stereocenters. The third-order valence-corrected chi connectivity index (χ3v) is 4.26. The Hall–Kier alpha value is -3.82. The number of hydrogen-bond acceptors (Lipinski definition) is 7. The summed E-state index contributed by atoms with van der Waals surface area (Å²) in [5.41, 5.74) is 0.801. The van der Waals surface area contributed by atoms with E-state index in [2.05, 4.69) is 20.7 Å².